The third-order valence-electron chi connectivity index (χ3n) is 3.28. The van der Waals surface area contributed by atoms with Crippen LogP contribution < -0.4 is 0 Å². The lowest BCUT2D eigenvalue weighted by Gasteiger charge is -2.16. The van der Waals surface area contributed by atoms with E-state index in [-0.39, 0.29) is 17.8 Å². The molecular formula is C14H26O3. The Hall–Kier alpha value is -0.860. The fraction of sp³-hybridized carbons (Fsp3) is 0.857. The van der Waals surface area contributed by atoms with Gasteiger partial charge in [0.05, 0.1) is 13.0 Å². The zero-order valence-corrected chi connectivity index (χ0v) is 11.4. The Bertz CT molecular complexity index is 214. The maximum atomic E-state index is 11.3. The van der Waals surface area contributed by atoms with Crippen LogP contribution in [-0.2, 0) is 14.3 Å². The van der Waals surface area contributed by atoms with Gasteiger partial charge in [0.25, 0.3) is 0 Å². The molecule has 0 aromatic heterocycles. The van der Waals surface area contributed by atoms with Crippen LogP contribution in [0.3, 0.4) is 0 Å². The van der Waals surface area contributed by atoms with Crippen molar-refractivity contribution in [3.8, 4) is 0 Å². The second kappa shape index (κ2) is 10.3. The van der Waals surface area contributed by atoms with Gasteiger partial charge < -0.3 is 9.53 Å². The number of rotatable bonds is 10. The van der Waals surface area contributed by atoms with Gasteiger partial charge in [-0.25, -0.2) is 0 Å². The van der Waals surface area contributed by atoms with Crippen LogP contribution in [0.4, 0.5) is 0 Å². The maximum Gasteiger partial charge on any atom is 0.309 e. The number of esters is 1. The van der Waals surface area contributed by atoms with E-state index in [0.29, 0.717) is 0 Å². The van der Waals surface area contributed by atoms with E-state index >= 15 is 0 Å². The lowest BCUT2D eigenvalue weighted by Crippen LogP contribution is -2.23. The highest BCUT2D eigenvalue weighted by Gasteiger charge is 2.23. The minimum atomic E-state index is -0.312. The van der Waals surface area contributed by atoms with Crippen LogP contribution in [0.15, 0.2) is 0 Å². The summed E-state index contributed by atoms with van der Waals surface area (Å²) in [5, 5.41) is 0. The topological polar surface area (TPSA) is 43.4 Å². The Kier molecular flexibility index (Phi) is 9.78. The van der Waals surface area contributed by atoms with Crippen LogP contribution in [0.2, 0.25) is 0 Å². The van der Waals surface area contributed by atoms with Crippen LogP contribution in [0.5, 0.6) is 0 Å². The summed E-state index contributed by atoms with van der Waals surface area (Å²) in [7, 11) is 1.37. The molecule has 0 N–H and O–H groups in total. The quantitative estimate of drug-likeness (QED) is 0.335. The van der Waals surface area contributed by atoms with Gasteiger partial charge in [0.1, 0.15) is 6.29 Å². The van der Waals surface area contributed by atoms with Gasteiger partial charge in [-0.2, -0.15) is 0 Å². The second-order valence-electron chi connectivity index (χ2n) is 4.67. The molecule has 3 nitrogen and oxygen atoms in total. The van der Waals surface area contributed by atoms with Gasteiger partial charge >= 0.3 is 5.97 Å². The van der Waals surface area contributed by atoms with Crippen molar-refractivity contribution in [3.63, 3.8) is 0 Å². The van der Waals surface area contributed by atoms with Gasteiger partial charge in [0.2, 0.25) is 0 Å². The van der Waals surface area contributed by atoms with E-state index in [1.165, 1.54) is 32.8 Å². The molecule has 0 bridgehead atoms. The number of unbranched alkanes of at least 4 members (excludes halogenated alkanes) is 5. The molecule has 0 aliphatic carbocycles. The van der Waals surface area contributed by atoms with E-state index in [4.69, 9.17) is 0 Å². The number of methoxy groups -OCH3 is 1. The molecule has 0 saturated heterocycles. The first-order valence-corrected chi connectivity index (χ1v) is 6.70. The van der Waals surface area contributed by atoms with Gasteiger partial charge in [-0.15, -0.1) is 0 Å². The molecule has 0 aromatic carbocycles. The molecule has 0 saturated carbocycles. The molecule has 0 aliphatic rings. The molecular weight excluding hydrogens is 216 g/mol. The van der Waals surface area contributed by atoms with Gasteiger partial charge in [0.15, 0.2) is 0 Å². The Labute approximate surface area is 105 Å². The van der Waals surface area contributed by atoms with Crippen molar-refractivity contribution < 1.29 is 14.3 Å². The first-order chi connectivity index (χ1) is 8.17. The molecule has 17 heavy (non-hydrogen) atoms. The number of hydrogen-bond donors (Lipinski definition) is 0. The van der Waals surface area contributed by atoms with Gasteiger partial charge in [-0.05, 0) is 6.42 Å². The molecule has 0 radical (unpaired) electrons. The lowest BCUT2D eigenvalue weighted by atomic mass is 9.90. The highest BCUT2D eigenvalue weighted by Crippen LogP contribution is 2.19. The largest absolute Gasteiger partial charge is 0.469 e. The first kappa shape index (κ1) is 16.1. The normalized spacial score (nSPS) is 14.1. The molecule has 0 heterocycles. The van der Waals surface area contributed by atoms with Crippen molar-refractivity contribution in [1.29, 1.82) is 0 Å². The molecule has 2 unspecified atom stereocenters. The summed E-state index contributed by atoms with van der Waals surface area (Å²) in [5.74, 6) is -0.783. The van der Waals surface area contributed by atoms with Gasteiger partial charge in [-0.3, -0.25) is 4.79 Å². The van der Waals surface area contributed by atoms with Crippen LogP contribution >= 0.6 is 0 Å². The molecule has 0 amide bonds. The van der Waals surface area contributed by atoms with E-state index in [9.17, 15) is 9.59 Å². The summed E-state index contributed by atoms with van der Waals surface area (Å²) in [6, 6.07) is 0. The van der Waals surface area contributed by atoms with Gasteiger partial charge in [0, 0.05) is 5.92 Å². The summed E-state index contributed by atoms with van der Waals surface area (Å²) in [6.45, 7) is 3.96. The second-order valence-corrected chi connectivity index (χ2v) is 4.67. The van der Waals surface area contributed by atoms with Crippen molar-refractivity contribution >= 4 is 12.3 Å². The third kappa shape index (κ3) is 7.14. The Morgan fingerprint density at radius 1 is 1.18 bits per heavy atom. The van der Waals surface area contributed by atoms with E-state index in [1.54, 1.807) is 6.92 Å². The van der Waals surface area contributed by atoms with Crippen molar-refractivity contribution in [3.05, 3.63) is 0 Å². The molecule has 0 aliphatic heterocycles. The number of carbonyl (C=O) groups excluding carboxylic acids is 2. The lowest BCUT2D eigenvalue weighted by molar-refractivity contribution is -0.148. The smallest absolute Gasteiger partial charge is 0.309 e. The molecule has 0 rings (SSSR count). The van der Waals surface area contributed by atoms with Crippen LogP contribution in [0, 0.1) is 11.8 Å². The number of aldehydes is 1. The van der Waals surface area contributed by atoms with Gasteiger partial charge in [-0.1, -0.05) is 52.4 Å². The van der Waals surface area contributed by atoms with Crippen molar-refractivity contribution in [2.75, 3.05) is 7.11 Å². The highest BCUT2D eigenvalue weighted by atomic mass is 16.5. The molecule has 0 fully saturated rings. The average molecular weight is 242 g/mol. The third-order valence-corrected chi connectivity index (χ3v) is 3.28. The van der Waals surface area contributed by atoms with E-state index < -0.39 is 0 Å². The molecule has 0 aromatic rings. The van der Waals surface area contributed by atoms with E-state index in [0.717, 1.165) is 25.5 Å². The van der Waals surface area contributed by atoms with Crippen LogP contribution in [0.1, 0.15) is 58.8 Å². The fourth-order valence-electron chi connectivity index (χ4n) is 1.96. The van der Waals surface area contributed by atoms with Crippen LogP contribution in [-0.4, -0.2) is 19.4 Å². The molecule has 3 heteroatoms. The van der Waals surface area contributed by atoms with E-state index in [2.05, 4.69) is 11.7 Å². The Morgan fingerprint density at radius 3 is 2.29 bits per heavy atom. The minimum Gasteiger partial charge on any atom is -0.469 e. The molecule has 0 spiro atoms. The maximum absolute atomic E-state index is 11.3. The predicted octanol–water partition coefficient (Wildman–Crippen LogP) is 3.36. The summed E-state index contributed by atoms with van der Waals surface area (Å²) < 4.78 is 4.66. The minimum absolute atomic E-state index is 0.186. The number of ether oxygens (including phenoxy) is 1. The number of hydrogen-bond acceptors (Lipinski definition) is 3. The van der Waals surface area contributed by atoms with E-state index in [1.807, 2.05) is 0 Å². The fourth-order valence-corrected chi connectivity index (χ4v) is 1.96. The Balaban J connectivity index is 3.75. The summed E-state index contributed by atoms with van der Waals surface area (Å²) in [6.07, 6.45) is 8.90. The summed E-state index contributed by atoms with van der Waals surface area (Å²) in [5.41, 5.74) is 0. The zero-order valence-electron chi connectivity index (χ0n) is 11.4. The summed E-state index contributed by atoms with van der Waals surface area (Å²) in [4.78, 5) is 22.2. The van der Waals surface area contributed by atoms with Crippen molar-refractivity contribution in [2.45, 2.75) is 58.8 Å². The first-order valence-electron chi connectivity index (χ1n) is 6.70. The SMILES string of the molecule is CCCCCCCCC(C=O)C(C)C(=O)OC. The van der Waals surface area contributed by atoms with Crippen molar-refractivity contribution in [1.82, 2.24) is 0 Å². The Morgan fingerprint density at radius 2 is 1.76 bits per heavy atom. The number of carbonyl (C=O) groups is 2. The predicted molar refractivity (Wildman–Crippen MR) is 68.7 cm³/mol. The monoisotopic (exact) mass is 242 g/mol. The average Bonchev–Trinajstić information content (AvgIpc) is 2.36. The zero-order chi connectivity index (χ0) is 13.1. The standard InChI is InChI=1S/C14H26O3/c1-4-5-6-7-8-9-10-13(11-15)12(2)14(16)17-3/h11-13H,4-10H2,1-3H3. The van der Waals surface area contributed by atoms with Crippen molar-refractivity contribution in [2.24, 2.45) is 11.8 Å². The molecule has 2 atom stereocenters. The van der Waals surface area contributed by atoms with Crippen LogP contribution in [0.25, 0.3) is 0 Å². The summed E-state index contributed by atoms with van der Waals surface area (Å²) >= 11 is 0. The highest BCUT2D eigenvalue weighted by molar-refractivity contribution is 5.76. The molecule has 100 valence electrons.